The zero-order valence-corrected chi connectivity index (χ0v) is 23.0. The Morgan fingerprint density at radius 1 is 0.579 bits per heavy atom. The van der Waals surface area contributed by atoms with E-state index in [4.69, 9.17) is 9.47 Å². The molecule has 0 aromatic heterocycles. The SMILES string of the molecule is CCOc1ccc(S(=O)(=O)N(C(C)=O)c2ccc(N(C(C)=O)S(=O)(=O)c3ccc(OCC)cc3)cc2)cc1. The van der Waals surface area contributed by atoms with Crippen LogP contribution in [0.15, 0.2) is 82.6 Å². The van der Waals surface area contributed by atoms with Gasteiger partial charge in [-0.2, -0.15) is 0 Å². The molecule has 0 aliphatic heterocycles. The molecule has 10 nitrogen and oxygen atoms in total. The highest BCUT2D eigenvalue weighted by atomic mass is 32.2. The lowest BCUT2D eigenvalue weighted by Gasteiger charge is -2.24. The molecule has 2 amide bonds. The number of benzene rings is 3. The molecule has 38 heavy (non-hydrogen) atoms. The first-order valence-corrected chi connectivity index (χ1v) is 14.5. The van der Waals surface area contributed by atoms with Crippen LogP contribution in [0.5, 0.6) is 11.5 Å². The van der Waals surface area contributed by atoms with Crippen LogP contribution < -0.4 is 18.1 Å². The number of hydrogen-bond acceptors (Lipinski definition) is 8. The van der Waals surface area contributed by atoms with E-state index in [1.54, 1.807) is 13.8 Å². The smallest absolute Gasteiger partial charge is 0.270 e. The maximum Gasteiger partial charge on any atom is 0.270 e. The largest absolute Gasteiger partial charge is 0.494 e. The number of carbonyl (C=O) groups excluding carboxylic acids is 2. The summed E-state index contributed by atoms with van der Waals surface area (Å²) in [5.41, 5.74) is -0.0609. The van der Waals surface area contributed by atoms with Gasteiger partial charge in [0.2, 0.25) is 11.8 Å². The van der Waals surface area contributed by atoms with Gasteiger partial charge in [0.1, 0.15) is 11.5 Å². The Labute approximate surface area is 222 Å². The van der Waals surface area contributed by atoms with E-state index in [1.807, 2.05) is 0 Å². The molecule has 3 aromatic carbocycles. The number of amides is 2. The third kappa shape index (κ3) is 5.97. The predicted molar refractivity (Wildman–Crippen MR) is 142 cm³/mol. The molecule has 0 saturated heterocycles. The monoisotopic (exact) mass is 560 g/mol. The second-order valence-corrected chi connectivity index (χ2v) is 11.5. The number of sulfonamides is 2. The maximum absolute atomic E-state index is 13.3. The van der Waals surface area contributed by atoms with E-state index < -0.39 is 31.9 Å². The molecule has 0 heterocycles. The highest BCUT2D eigenvalue weighted by molar-refractivity contribution is 7.94. The first-order chi connectivity index (χ1) is 17.9. The van der Waals surface area contributed by atoms with Gasteiger partial charge in [-0.15, -0.1) is 0 Å². The molecule has 0 atom stereocenters. The van der Waals surface area contributed by atoms with Crippen molar-refractivity contribution in [3.8, 4) is 11.5 Å². The lowest BCUT2D eigenvalue weighted by molar-refractivity contribution is -0.116. The second kappa shape index (κ2) is 11.7. The fourth-order valence-electron chi connectivity index (χ4n) is 3.66. The predicted octanol–water partition coefficient (Wildman–Crippen LogP) is 3.97. The van der Waals surface area contributed by atoms with Crippen molar-refractivity contribution < 1.29 is 35.9 Å². The minimum atomic E-state index is -4.30. The van der Waals surface area contributed by atoms with E-state index in [9.17, 15) is 26.4 Å². The number of rotatable bonds is 10. The van der Waals surface area contributed by atoms with Crippen molar-refractivity contribution in [3.05, 3.63) is 72.8 Å². The summed E-state index contributed by atoms with van der Waals surface area (Å²) in [5.74, 6) is -0.611. The van der Waals surface area contributed by atoms with Gasteiger partial charge in [0.05, 0.1) is 34.4 Å². The summed E-state index contributed by atoms with van der Waals surface area (Å²) in [6.07, 6.45) is 0. The van der Waals surface area contributed by atoms with Crippen LogP contribution >= 0.6 is 0 Å². The first kappa shape index (κ1) is 28.7. The molecular formula is C26H28N2O8S2. The molecule has 0 spiro atoms. The number of ether oxygens (including phenoxy) is 2. The zero-order chi connectivity index (χ0) is 28.1. The summed E-state index contributed by atoms with van der Waals surface area (Å²) in [5, 5.41) is 0. The van der Waals surface area contributed by atoms with Crippen molar-refractivity contribution in [1.82, 2.24) is 0 Å². The van der Waals surface area contributed by atoms with Gasteiger partial charge in [-0.3, -0.25) is 9.59 Å². The van der Waals surface area contributed by atoms with E-state index in [0.29, 0.717) is 33.3 Å². The molecule has 0 bridgehead atoms. The fourth-order valence-corrected chi connectivity index (χ4v) is 6.52. The Kier molecular flexibility index (Phi) is 8.79. The minimum absolute atomic E-state index is 0.0305. The number of carbonyl (C=O) groups is 2. The van der Waals surface area contributed by atoms with Crippen molar-refractivity contribution in [2.24, 2.45) is 0 Å². The van der Waals surface area contributed by atoms with Crippen molar-refractivity contribution in [1.29, 1.82) is 0 Å². The van der Waals surface area contributed by atoms with Crippen LogP contribution in [0.1, 0.15) is 27.7 Å². The van der Waals surface area contributed by atoms with Gasteiger partial charge in [-0.1, -0.05) is 0 Å². The normalized spacial score (nSPS) is 11.5. The summed E-state index contributed by atoms with van der Waals surface area (Å²) in [6.45, 7) is 6.59. The van der Waals surface area contributed by atoms with Crippen LogP contribution in [0, 0.1) is 0 Å². The van der Waals surface area contributed by atoms with Crippen molar-refractivity contribution >= 4 is 43.2 Å². The molecule has 0 fully saturated rings. The van der Waals surface area contributed by atoms with Crippen LogP contribution in [0.2, 0.25) is 0 Å². The van der Waals surface area contributed by atoms with Gasteiger partial charge < -0.3 is 9.47 Å². The number of nitrogens with zero attached hydrogens (tertiary/aromatic N) is 2. The maximum atomic E-state index is 13.3. The summed E-state index contributed by atoms with van der Waals surface area (Å²) in [4.78, 5) is 24.6. The molecule has 0 aliphatic rings. The molecule has 12 heteroatoms. The third-order valence-corrected chi connectivity index (χ3v) is 8.87. The minimum Gasteiger partial charge on any atom is -0.494 e. The molecular weight excluding hydrogens is 532 g/mol. The first-order valence-electron chi connectivity index (χ1n) is 11.6. The van der Waals surface area contributed by atoms with Gasteiger partial charge in [0.15, 0.2) is 0 Å². The van der Waals surface area contributed by atoms with E-state index in [0.717, 1.165) is 13.8 Å². The zero-order valence-electron chi connectivity index (χ0n) is 21.3. The molecule has 0 radical (unpaired) electrons. The Hall–Kier alpha value is -3.90. The summed E-state index contributed by atoms with van der Waals surface area (Å²) in [6, 6.07) is 16.2. The topological polar surface area (TPSA) is 127 Å². The lowest BCUT2D eigenvalue weighted by atomic mass is 10.2. The Morgan fingerprint density at radius 3 is 1.11 bits per heavy atom. The summed E-state index contributed by atoms with van der Waals surface area (Å²) < 4.78 is 65.0. The van der Waals surface area contributed by atoms with Crippen LogP contribution in [-0.4, -0.2) is 41.9 Å². The Balaban J connectivity index is 1.98. The van der Waals surface area contributed by atoms with Gasteiger partial charge in [0, 0.05) is 13.8 Å². The van der Waals surface area contributed by atoms with Crippen LogP contribution in [-0.2, 0) is 29.6 Å². The number of hydrogen-bond donors (Lipinski definition) is 0. The standard InChI is InChI=1S/C26H28N2O8S2/c1-5-35-23-11-15-25(16-12-23)37(31,32)27(19(3)29)21-7-9-22(10-8-21)28(20(4)30)38(33,34)26-17-13-24(14-18-26)36-6-2/h7-18H,5-6H2,1-4H3. The van der Waals surface area contributed by atoms with Gasteiger partial charge in [-0.05, 0) is 86.6 Å². The molecule has 3 aromatic rings. The molecule has 0 unspecified atom stereocenters. The lowest BCUT2D eigenvalue weighted by Crippen LogP contribution is -2.36. The van der Waals surface area contributed by atoms with Crippen molar-refractivity contribution in [2.45, 2.75) is 37.5 Å². The molecule has 202 valence electrons. The van der Waals surface area contributed by atoms with Gasteiger partial charge in [0.25, 0.3) is 20.0 Å². The van der Waals surface area contributed by atoms with Crippen molar-refractivity contribution in [2.75, 3.05) is 21.8 Å². The fraction of sp³-hybridized carbons (Fsp3) is 0.231. The molecule has 0 N–H and O–H groups in total. The third-order valence-electron chi connectivity index (χ3n) is 5.24. The highest BCUT2D eigenvalue weighted by Gasteiger charge is 2.31. The quantitative estimate of drug-likeness (QED) is 0.365. The van der Waals surface area contributed by atoms with Crippen molar-refractivity contribution in [3.63, 3.8) is 0 Å². The Bertz CT molecular complexity index is 1380. The molecule has 3 rings (SSSR count). The van der Waals surface area contributed by atoms with Gasteiger partial charge >= 0.3 is 0 Å². The Morgan fingerprint density at radius 2 is 0.868 bits per heavy atom. The van der Waals surface area contributed by atoms with Crippen LogP contribution in [0.3, 0.4) is 0 Å². The number of anilines is 2. The van der Waals surface area contributed by atoms with E-state index in [-0.39, 0.29) is 21.2 Å². The average Bonchev–Trinajstić information content (AvgIpc) is 2.85. The van der Waals surface area contributed by atoms with Crippen LogP contribution in [0.25, 0.3) is 0 Å². The van der Waals surface area contributed by atoms with E-state index in [1.165, 1.54) is 72.8 Å². The van der Waals surface area contributed by atoms with E-state index in [2.05, 4.69) is 0 Å². The average molecular weight is 561 g/mol. The van der Waals surface area contributed by atoms with Gasteiger partial charge in [-0.25, -0.2) is 25.4 Å². The molecule has 0 aliphatic carbocycles. The second-order valence-electron chi connectivity index (χ2n) is 7.90. The molecule has 0 saturated carbocycles. The highest BCUT2D eigenvalue weighted by Crippen LogP contribution is 2.30. The van der Waals surface area contributed by atoms with Crippen LogP contribution in [0.4, 0.5) is 11.4 Å². The summed E-state index contributed by atoms with van der Waals surface area (Å²) >= 11 is 0. The summed E-state index contributed by atoms with van der Waals surface area (Å²) in [7, 11) is -8.59. The van der Waals surface area contributed by atoms with E-state index >= 15 is 0 Å².